The van der Waals surface area contributed by atoms with Gasteiger partial charge in [0.25, 0.3) is 10.0 Å². The van der Waals surface area contributed by atoms with Crippen LogP contribution in [0.25, 0.3) is 0 Å². The Balaban J connectivity index is 1.63. The summed E-state index contributed by atoms with van der Waals surface area (Å²) in [6.45, 7) is 3.92. The second kappa shape index (κ2) is 9.87. The number of hydrogen-bond acceptors (Lipinski definition) is 6. The van der Waals surface area contributed by atoms with Crippen LogP contribution >= 0.6 is 0 Å². The van der Waals surface area contributed by atoms with E-state index in [9.17, 15) is 21.9 Å². The second-order valence-corrected chi connectivity index (χ2v) is 13.3. The van der Waals surface area contributed by atoms with E-state index in [0.29, 0.717) is 24.2 Å². The van der Waals surface area contributed by atoms with Crippen molar-refractivity contribution in [3.05, 3.63) is 53.1 Å². The van der Waals surface area contributed by atoms with Gasteiger partial charge in [-0.3, -0.25) is 4.31 Å². The molecule has 0 saturated carbocycles. The molecular formula is C25H33NO6S2. The summed E-state index contributed by atoms with van der Waals surface area (Å²) in [5.74, 6) is 0.550. The van der Waals surface area contributed by atoms with Crippen molar-refractivity contribution in [3.8, 4) is 5.75 Å². The smallest absolute Gasteiger partial charge is 0.264 e. The van der Waals surface area contributed by atoms with Gasteiger partial charge in [0.1, 0.15) is 5.75 Å². The summed E-state index contributed by atoms with van der Waals surface area (Å²) in [6.07, 6.45) is 3.75. The van der Waals surface area contributed by atoms with Crippen LogP contribution in [0.4, 0.5) is 5.69 Å². The van der Waals surface area contributed by atoms with Gasteiger partial charge in [-0.25, -0.2) is 16.8 Å². The molecule has 2 atom stereocenters. The minimum atomic E-state index is -3.86. The minimum Gasteiger partial charge on any atom is -0.493 e. The third-order valence-electron chi connectivity index (χ3n) is 6.90. The van der Waals surface area contributed by atoms with Gasteiger partial charge in [-0.05, 0) is 67.5 Å². The normalized spacial score (nSPS) is 21.9. The molecule has 1 N–H and O–H groups in total. The molecule has 7 nitrogen and oxygen atoms in total. The first kappa shape index (κ1) is 25.0. The van der Waals surface area contributed by atoms with Crippen molar-refractivity contribution in [1.82, 2.24) is 0 Å². The van der Waals surface area contributed by atoms with Crippen molar-refractivity contribution in [2.24, 2.45) is 5.92 Å². The molecule has 2 aliphatic heterocycles. The van der Waals surface area contributed by atoms with Crippen molar-refractivity contribution >= 4 is 25.5 Å². The molecule has 34 heavy (non-hydrogen) atoms. The Morgan fingerprint density at radius 2 is 1.91 bits per heavy atom. The molecule has 9 heteroatoms. The van der Waals surface area contributed by atoms with Gasteiger partial charge < -0.3 is 9.84 Å². The number of ether oxygens (including phenoxy) is 1. The largest absolute Gasteiger partial charge is 0.493 e. The lowest BCUT2D eigenvalue weighted by Gasteiger charge is -2.37. The van der Waals surface area contributed by atoms with E-state index in [1.165, 1.54) is 17.7 Å². The molecule has 2 unspecified atom stereocenters. The fourth-order valence-corrected chi connectivity index (χ4v) is 8.59. The Labute approximate surface area is 202 Å². The predicted molar refractivity (Wildman–Crippen MR) is 133 cm³/mol. The van der Waals surface area contributed by atoms with Gasteiger partial charge >= 0.3 is 0 Å². The minimum absolute atomic E-state index is 0.0943. The first-order valence-electron chi connectivity index (χ1n) is 11.9. The van der Waals surface area contributed by atoms with Gasteiger partial charge in [0.15, 0.2) is 9.84 Å². The first-order chi connectivity index (χ1) is 16.2. The fraction of sp³-hybridized carbons (Fsp3) is 0.520. The monoisotopic (exact) mass is 507 g/mol. The lowest BCUT2D eigenvalue weighted by Crippen LogP contribution is -2.43. The van der Waals surface area contributed by atoms with Crippen LogP contribution in [0.3, 0.4) is 0 Å². The summed E-state index contributed by atoms with van der Waals surface area (Å²) in [5.41, 5.74) is 3.32. The maximum atomic E-state index is 13.8. The number of anilines is 1. The second-order valence-electron chi connectivity index (χ2n) is 9.23. The van der Waals surface area contributed by atoms with Gasteiger partial charge in [-0.2, -0.15) is 0 Å². The number of benzene rings is 2. The summed E-state index contributed by atoms with van der Waals surface area (Å²) in [5, 5.41) is 9.92. The lowest BCUT2D eigenvalue weighted by molar-refractivity contribution is 0.241. The molecule has 0 aromatic heterocycles. The molecule has 0 aliphatic carbocycles. The van der Waals surface area contributed by atoms with Crippen LogP contribution in [0.1, 0.15) is 49.8 Å². The third kappa shape index (κ3) is 4.97. The third-order valence-corrected chi connectivity index (χ3v) is 10.6. The zero-order valence-corrected chi connectivity index (χ0v) is 21.4. The summed E-state index contributed by atoms with van der Waals surface area (Å²) >= 11 is 0. The van der Waals surface area contributed by atoms with Crippen LogP contribution in [0, 0.1) is 5.92 Å². The van der Waals surface area contributed by atoms with Crippen molar-refractivity contribution in [2.45, 2.75) is 63.5 Å². The summed E-state index contributed by atoms with van der Waals surface area (Å²) in [4.78, 5) is 0.109. The summed E-state index contributed by atoms with van der Waals surface area (Å²) in [6, 6.07) is 10.4. The van der Waals surface area contributed by atoms with Crippen LogP contribution in [0.5, 0.6) is 5.75 Å². The zero-order chi connectivity index (χ0) is 24.5. The van der Waals surface area contributed by atoms with Gasteiger partial charge in [-0.15, -0.1) is 0 Å². The first-order valence-corrected chi connectivity index (χ1v) is 15.2. The highest BCUT2D eigenvalue weighted by molar-refractivity contribution is 7.93. The Bertz CT molecular complexity index is 1260. The maximum Gasteiger partial charge on any atom is 0.264 e. The number of aliphatic hydroxyl groups is 1. The Kier molecular flexibility index (Phi) is 7.26. The standard InChI is InChI=1S/C25H33NO6S2/c1-3-18-5-9-24-20(13-18)6-7-22(4-2)26(24)34(30,31)23-8-10-25(21(14-23)15-27)32-16-19-11-12-33(28,29)17-19/h5,8-10,13-14,19,22,27H,3-4,6-7,11-12,15-17H2,1-2H3. The lowest BCUT2D eigenvalue weighted by atomic mass is 9.94. The highest BCUT2D eigenvalue weighted by Crippen LogP contribution is 2.38. The quantitative estimate of drug-likeness (QED) is 0.587. The van der Waals surface area contributed by atoms with Crippen LogP contribution in [-0.2, 0) is 39.3 Å². The molecule has 0 bridgehead atoms. The van der Waals surface area contributed by atoms with E-state index >= 15 is 0 Å². The molecule has 2 aromatic carbocycles. The predicted octanol–water partition coefficient (Wildman–Crippen LogP) is 3.47. The van der Waals surface area contributed by atoms with Crippen LogP contribution in [0.15, 0.2) is 41.3 Å². The van der Waals surface area contributed by atoms with E-state index in [2.05, 4.69) is 13.0 Å². The van der Waals surface area contributed by atoms with E-state index < -0.39 is 19.9 Å². The maximum absolute atomic E-state index is 13.8. The molecule has 0 amide bonds. The number of aryl methyl sites for hydroxylation is 2. The van der Waals surface area contributed by atoms with E-state index in [1.807, 2.05) is 19.1 Å². The van der Waals surface area contributed by atoms with Crippen molar-refractivity contribution in [1.29, 1.82) is 0 Å². The van der Waals surface area contributed by atoms with E-state index in [0.717, 1.165) is 30.5 Å². The number of hydrogen-bond donors (Lipinski definition) is 1. The molecule has 2 aromatic rings. The Hall–Kier alpha value is -2.10. The van der Waals surface area contributed by atoms with E-state index in [-0.39, 0.29) is 41.6 Å². The zero-order valence-electron chi connectivity index (χ0n) is 19.7. The highest BCUT2D eigenvalue weighted by atomic mass is 32.2. The highest BCUT2D eigenvalue weighted by Gasteiger charge is 2.36. The molecule has 1 saturated heterocycles. The molecule has 4 rings (SSSR count). The van der Waals surface area contributed by atoms with E-state index in [4.69, 9.17) is 4.74 Å². The Morgan fingerprint density at radius 1 is 1.12 bits per heavy atom. The van der Waals surface area contributed by atoms with Gasteiger partial charge in [-0.1, -0.05) is 26.0 Å². The molecule has 1 fully saturated rings. The Morgan fingerprint density at radius 3 is 2.56 bits per heavy atom. The average Bonchev–Trinajstić information content (AvgIpc) is 3.19. The van der Waals surface area contributed by atoms with Gasteiger partial charge in [0, 0.05) is 17.5 Å². The van der Waals surface area contributed by atoms with Gasteiger partial charge in [0.05, 0.1) is 35.3 Å². The topological polar surface area (TPSA) is 101 Å². The molecule has 0 radical (unpaired) electrons. The molecule has 186 valence electrons. The fourth-order valence-electron chi connectivity index (χ4n) is 4.91. The number of sulfone groups is 1. The molecule has 2 heterocycles. The van der Waals surface area contributed by atoms with Gasteiger partial charge in [0.2, 0.25) is 0 Å². The number of aliphatic hydroxyl groups excluding tert-OH is 1. The number of rotatable bonds is 8. The van der Waals surface area contributed by atoms with Crippen LogP contribution in [-0.4, -0.2) is 46.1 Å². The van der Waals surface area contributed by atoms with Crippen molar-refractivity contribution in [2.75, 3.05) is 22.4 Å². The van der Waals surface area contributed by atoms with Crippen molar-refractivity contribution < 1.29 is 26.7 Å². The molecule has 0 spiro atoms. The molecular weight excluding hydrogens is 474 g/mol. The SMILES string of the molecule is CCc1ccc2c(c1)CCC(CC)N2S(=O)(=O)c1ccc(OCC2CCS(=O)(=O)C2)c(CO)c1. The summed E-state index contributed by atoms with van der Waals surface area (Å²) < 4.78 is 58.4. The number of fused-ring (bicyclic) bond motifs is 1. The summed E-state index contributed by atoms with van der Waals surface area (Å²) in [7, 11) is -6.87. The van der Waals surface area contributed by atoms with Crippen molar-refractivity contribution in [3.63, 3.8) is 0 Å². The number of sulfonamides is 1. The average molecular weight is 508 g/mol. The van der Waals surface area contributed by atoms with Crippen LogP contribution < -0.4 is 9.04 Å². The molecule has 2 aliphatic rings. The number of nitrogens with zero attached hydrogens (tertiary/aromatic N) is 1. The van der Waals surface area contributed by atoms with E-state index in [1.54, 1.807) is 10.4 Å². The van der Waals surface area contributed by atoms with Crippen LogP contribution in [0.2, 0.25) is 0 Å².